The molecule has 3 nitrogen and oxygen atoms in total. The zero-order chi connectivity index (χ0) is 12.3. The van der Waals surface area contributed by atoms with Crippen molar-refractivity contribution in [3.8, 4) is 0 Å². The highest BCUT2D eigenvalue weighted by molar-refractivity contribution is 5.96. The molecule has 0 fully saturated rings. The fourth-order valence-electron chi connectivity index (χ4n) is 1.72. The number of nitrogens with one attached hydrogen (secondary N) is 1. The zero-order valence-electron chi connectivity index (χ0n) is 10.2. The summed E-state index contributed by atoms with van der Waals surface area (Å²) in [6.45, 7) is 4.80. The van der Waals surface area contributed by atoms with Gasteiger partial charge in [-0.3, -0.25) is 4.79 Å². The standard InChI is InChI=1S/C14H17NO2/c1-3-4-7-15-14(16)13-9-11-6-5-10(2)8-12(11)17-13/h5-6,8-9H,3-4,7H2,1-2H3,(H,15,16). The summed E-state index contributed by atoms with van der Waals surface area (Å²) in [4.78, 5) is 11.8. The van der Waals surface area contributed by atoms with E-state index in [1.54, 1.807) is 6.07 Å². The molecular weight excluding hydrogens is 214 g/mol. The highest BCUT2D eigenvalue weighted by atomic mass is 16.3. The van der Waals surface area contributed by atoms with Gasteiger partial charge in [0.1, 0.15) is 5.58 Å². The van der Waals surface area contributed by atoms with Crippen LogP contribution >= 0.6 is 0 Å². The van der Waals surface area contributed by atoms with E-state index in [0.717, 1.165) is 29.4 Å². The first-order chi connectivity index (χ1) is 8.20. The number of furan rings is 1. The third kappa shape index (κ3) is 2.67. The molecule has 0 saturated carbocycles. The van der Waals surface area contributed by atoms with E-state index in [1.165, 1.54) is 0 Å². The second-order valence-electron chi connectivity index (χ2n) is 4.26. The molecule has 0 radical (unpaired) electrons. The molecular formula is C14H17NO2. The monoisotopic (exact) mass is 231 g/mol. The number of hydrogen-bond acceptors (Lipinski definition) is 2. The molecule has 1 N–H and O–H groups in total. The number of carbonyl (C=O) groups excluding carboxylic acids is 1. The summed E-state index contributed by atoms with van der Waals surface area (Å²) >= 11 is 0. The van der Waals surface area contributed by atoms with E-state index in [-0.39, 0.29) is 5.91 Å². The number of rotatable bonds is 4. The molecule has 3 heteroatoms. The molecule has 1 heterocycles. The summed E-state index contributed by atoms with van der Waals surface area (Å²) in [5.74, 6) is 0.258. The molecule has 0 spiro atoms. The molecule has 1 amide bonds. The van der Waals surface area contributed by atoms with Crippen LogP contribution in [0.25, 0.3) is 11.0 Å². The van der Waals surface area contributed by atoms with Crippen LogP contribution in [0, 0.1) is 6.92 Å². The molecule has 0 aliphatic heterocycles. The smallest absolute Gasteiger partial charge is 0.287 e. The second-order valence-corrected chi connectivity index (χ2v) is 4.26. The average Bonchev–Trinajstić information content (AvgIpc) is 2.72. The Kier molecular flexibility index (Phi) is 3.47. The lowest BCUT2D eigenvalue weighted by Gasteiger charge is -2.00. The summed E-state index contributed by atoms with van der Waals surface area (Å²) in [6, 6.07) is 7.71. The molecule has 0 bridgehead atoms. The van der Waals surface area contributed by atoms with Crippen LogP contribution in [0.2, 0.25) is 0 Å². The van der Waals surface area contributed by atoms with E-state index < -0.39 is 0 Å². The zero-order valence-corrected chi connectivity index (χ0v) is 10.2. The molecule has 0 aliphatic rings. The van der Waals surface area contributed by atoms with Gasteiger partial charge >= 0.3 is 0 Å². The number of hydrogen-bond donors (Lipinski definition) is 1. The van der Waals surface area contributed by atoms with E-state index in [1.807, 2.05) is 25.1 Å². The Balaban J connectivity index is 2.15. The molecule has 2 rings (SSSR count). The van der Waals surface area contributed by atoms with Crippen molar-refractivity contribution < 1.29 is 9.21 Å². The lowest BCUT2D eigenvalue weighted by Crippen LogP contribution is -2.23. The van der Waals surface area contributed by atoms with E-state index >= 15 is 0 Å². The minimum Gasteiger partial charge on any atom is -0.451 e. The average molecular weight is 231 g/mol. The number of benzene rings is 1. The summed E-state index contributed by atoms with van der Waals surface area (Å²) in [5.41, 5.74) is 1.90. The minimum atomic E-state index is -0.132. The van der Waals surface area contributed by atoms with Crippen molar-refractivity contribution in [2.24, 2.45) is 0 Å². The molecule has 1 aromatic carbocycles. The molecule has 0 unspecified atom stereocenters. The highest BCUT2D eigenvalue weighted by Gasteiger charge is 2.11. The van der Waals surface area contributed by atoms with Gasteiger partial charge in [0.05, 0.1) is 0 Å². The van der Waals surface area contributed by atoms with Crippen molar-refractivity contribution in [2.75, 3.05) is 6.54 Å². The first-order valence-electron chi connectivity index (χ1n) is 5.99. The lowest BCUT2D eigenvalue weighted by molar-refractivity contribution is 0.0927. The molecule has 90 valence electrons. The van der Waals surface area contributed by atoms with Crippen LogP contribution in [0.15, 0.2) is 28.7 Å². The molecule has 1 aromatic heterocycles. The number of aryl methyl sites for hydroxylation is 1. The Hall–Kier alpha value is -1.77. The summed E-state index contributed by atoms with van der Waals surface area (Å²) in [5, 5.41) is 3.81. The van der Waals surface area contributed by atoms with Crippen LogP contribution < -0.4 is 5.32 Å². The van der Waals surface area contributed by atoms with Gasteiger partial charge in [0.25, 0.3) is 5.91 Å². The van der Waals surface area contributed by atoms with Crippen LogP contribution in [0.4, 0.5) is 0 Å². The number of unbranched alkanes of at least 4 members (excludes halogenated alkanes) is 1. The number of carbonyl (C=O) groups is 1. The highest BCUT2D eigenvalue weighted by Crippen LogP contribution is 2.20. The number of fused-ring (bicyclic) bond motifs is 1. The first kappa shape index (κ1) is 11.7. The Bertz CT molecular complexity index is 528. The van der Waals surface area contributed by atoms with Crippen LogP contribution in [-0.4, -0.2) is 12.5 Å². The molecule has 17 heavy (non-hydrogen) atoms. The molecule has 2 aromatic rings. The normalized spacial score (nSPS) is 10.7. The minimum absolute atomic E-state index is 0.132. The summed E-state index contributed by atoms with van der Waals surface area (Å²) in [7, 11) is 0. The molecule has 0 atom stereocenters. The van der Waals surface area contributed by atoms with Gasteiger partial charge in [0, 0.05) is 11.9 Å². The van der Waals surface area contributed by atoms with Gasteiger partial charge in [0.2, 0.25) is 0 Å². The van der Waals surface area contributed by atoms with Gasteiger partial charge in [-0.15, -0.1) is 0 Å². The Morgan fingerprint density at radius 3 is 2.94 bits per heavy atom. The van der Waals surface area contributed by atoms with Crippen LogP contribution in [0.1, 0.15) is 35.9 Å². The van der Waals surface area contributed by atoms with E-state index in [0.29, 0.717) is 12.3 Å². The van der Waals surface area contributed by atoms with Crippen molar-refractivity contribution in [2.45, 2.75) is 26.7 Å². The quantitative estimate of drug-likeness (QED) is 0.820. The SMILES string of the molecule is CCCCNC(=O)c1cc2ccc(C)cc2o1. The summed E-state index contributed by atoms with van der Waals surface area (Å²) < 4.78 is 5.53. The van der Waals surface area contributed by atoms with Gasteiger partial charge in [0.15, 0.2) is 5.76 Å². The van der Waals surface area contributed by atoms with Gasteiger partial charge < -0.3 is 9.73 Å². The number of amides is 1. The van der Waals surface area contributed by atoms with Crippen LogP contribution in [0.3, 0.4) is 0 Å². The third-order valence-corrected chi connectivity index (χ3v) is 2.72. The van der Waals surface area contributed by atoms with Crippen molar-refractivity contribution in [1.29, 1.82) is 0 Å². The van der Waals surface area contributed by atoms with Gasteiger partial charge in [-0.25, -0.2) is 0 Å². The Morgan fingerprint density at radius 2 is 2.18 bits per heavy atom. The van der Waals surface area contributed by atoms with Gasteiger partial charge in [-0.05, 0) is 31.0 Å². The van der Waals surface area contributed by atoms with Crippen molar-refractivity contribution in [3.05, 3.63) is 35.6 Å². The maximum Gasteiger partial charge on any atom is 0.287 e. The fourth-order valence-corrected chi connectivity index (χ4v) is 1.72. The van der Waals surface area contributed by atoms with Crippen LogP contribution in [0.5, 0.6) is 0 Å². The first-order valence-corrected chi connectivity index (χ1v) is 5.99. The third-order valence-electron chi connectivity index (χ3n) is 2.72. The Labute approximate surface area is 101 Å². The van der Waals surface area contributed by atoms with E-state index in [4.69, 9.17) is 4.42 Å². The fraction of sp³-hybridized carbons (Fsp3) is 0.357. The predicted molar refractivity (Wildman–Crippen MR) is 68.2 cm³/mol. The van der Waals surface area contributed by atoms with Crippen molar-refractivity contribution >= 4 is 16.9 Å². The summed E-state index contributed by atoms with van der Waals surface area (Å²) in [6.07, 6.45) is 2.06. The molecule has 0 saturated heterocycles. The lowest BCUT2D eigenvalue weighted by atomic mass is 10.2. The van der Waals surface area contributed by atoms with Crippen molar-refractivity contribution in [1.82, 2.24) is 5.32 Å². The largest absolute Gasteiger partial charge is 0.451 e. The van der Waals surface area contributed by atoms with Gasteiger partial charge in [-0.1, -0.05) is 25.5 Å². The van der Waals surface area contributed by atoms with Crippen LogP contribution in [-0.2, 0) is 0 Å². The Morgan fingerprint density at radius 1 is 1.35 bits per heavy atom. The van der Waals surface area contributed by atoms with Crippen molar-refractivity contribution in [3.63, 3.8) is 0 Å². The van der Waals surface area contributed by atoms with Gasteiger partial charge in [-0.2, -0.15) is 0 Å². The van der Waals surface area contributed by atoms with E-state index in [2.05, 4.69) is 12.2 Å². The maximum absolute atomic E-state index is 11.8. The second kappa shape index (κ2) is 5.04. The molecule has 0 aliphatic carbocycles. The predicted octanol–water partition coefficient (Wildman–Crippen LogP) is 3.27. The van der Waals surface area contributed by atoms with E-state index in [9.17, 15) is 4.79 Å². The maximum atomic E-state index is 11.8. The topological polar surface area (TPSA) is 42.2 Å².